The number of aromatic nitrogens is 1. The number of hydrogen-bond acceptors (Lipinski definition) is 2. The van der Waals surface area contributed by atoms with Crippen LogP contribution in [0.25, 0.3) is 0 Å². The molecule has 1 aromatic heterocycles. The van der Waals surface area contributed by atoms with Crippen molar-refractivity contribution in [1.82, 2.24) is 4.98 Å². The first kappa shape index (κ1) is 9.48. The third kappa shape index (κ3) is 1.41. The summed E-state index contributed by atoms with van der Waals surface area (Å²) < 4.78 is 18.4. The minimum Gasteiger partial charge on any atom is -0.358 e. The van der Waals surface area contributed by atoms with Gasteiger partial charge < -0.3 is 4.74 Å². The van der Waals surface area contributed by atoms with Crippen molar-refractivity contribution in [2.24, 2.45) is 0 Å². The van der Waals surface area contributed by atoms with E-state index in [9.17, 15) is 4.39 Å². The summed E-state index contributed by atoms with van der Waals surface area (Å²) in [5.74, 6) is -0.236. The lowest BCUT2D eigenvalue weighted by atomic mass is 9.96. The van der Waals surface area contributed by atoms with Gasteiger partial charge in [-0.2, -0.15) is 0 Å². The van der Waals surface area contributed by atoms with Gasteiger partial charge in [0.2, 0.25) is 0 Å². The lowest BCUT2D eigenvalue weighted by molar-refractivity contribution is 0.343. The molecule has 3 heteroatoms. The van der Waals surface area contributed by atoms with Crippen molar-refractivity contribution in [1.29, 1.82) is 0 Å². The summed E-state index contributed by atoms with van der Waals surface area (Å²) in [5.41, 5.74) is 1.38. The standard InChI is InChI=1S/C13H10FNO/c14-11-6-4-10(5-7-11)13(9-16-13)12-3-1-2-8-15-12/h1-8H,9H2. The first-order chi connectivity index (χ1) is 7.81. The second kappa shape index (κ2) is 3.39. The summed E-state index contributed by atoms with van der Waals surface area (Å²) in [6.07, 6.45) is 1.74. The molecule has 0 N–H and O–H groups in total. The van der Waals surface area contributed by atoms with Crippen LogP contribution in [-0.2, 0) is 10.3 Å². The fourth-order valence-electron chi connectivity index (χ4n) is 1.86. The average molecular weight is 215 g/mol. The van der Waals surface area contributed by atoms with Crippen molar-refractivity contribution < 1.29 is 9.13 Å². The van der Waals surface area contributed by atoms with E-state index in [1.807, 2.05) is 18.2 Å². The van der Waals surface area contributed by atoms with E-state index in [2.05, 4.69) is 4.98 Å². The van der Waals surface area contributed by atoms with E-state index in [-0.39, 0.29) is 5.82 Å². The van der Waals surface area contributed by atoms with Gasteiger partial charge in [-0.15, -0.1) is 0 Å². The largest absolute Gasteiger partial charge is 0.358 e. The summed E-state index contributed by atoms with van der Waals surface area (Å²) in [7, 11) is 0. The van der Waals surface area contributed by atoms with Gasteiger partial charge in [-0.1, -0.05) is 18.2 Å². The maximum atomic E-state index is 12.8. The van der Waals surface area contributed by atoms with Gasteiger partial charge in [-0.3, -0.25) is 4.98 Å². The SMILES string of the molecule is Fc1ccc(C2(c3ccccn3)CO2)cc1. The highest BCUT2D eigenvalue weighted by molar-refractivity contribution is 5.37. The molecule has 0 radical (unpaired) electrons. The molecule has 2 heterocycles. The fraction of sp³-hybridized carbons (Fsp3) is 0.154. The third-order valence-electron chi connectivity index (χ3n) is 2.82. The monoisotopic (exact) mass is 215 g/mol. The van der Waals surface area contributed by atoms with Crippen molar-refractivity contribution in [2.75, 3.05) is 6.61 Å². The Morgan fingerprint density at radius 2 is 1.88 bits per heavy atom. The maximum Gasteiger partial charge on any atom is 0.158 e. The number of rotatable bonds is 2. The summed E-state index contributed by atoms with van der Waals surface area (Å²) in [4.78, 5) is 4.29. The van der Waals surface area contributed by atoms with Gasteiger partial charge in [0.15, 0.2) is 5.60 Å². The maximum absolute atomic E-state index is 12.8. The predicted molar refractivity (Wildman–Crippen MR) is 57.4 cm³/mol. The van der Waals surface area contributed by atoms with E-state index in [1.54, 1.807) is 18.3 Å². The van der Waals surface area contributed by atoms with Crippen LogP contribution in [0.4, 0.5) is 4.39 Å². The predicted octanol–water partition coefficient (Wildman–Crippen LogP) is 2.49. The highest BCUT2D eigenvalue weighted by atomic mass is 19.1. The lowest BCUT2D eigenvalue weighted by Crippen LogP contribution is -2.12. The van der Waals surface area contributed by atoms with Crippen LogP contribution in [-0.4, -0.2) is 11.6 Å². The molecule has 0 saturated carbocycles. The third-order valence-corrected chi connectivity index (χ3v) is 2.82. The molecule has 16 heavy (non-hydrogen) atoms. The topological polar surface area (TPSA) is 25.4 Å². The van der Waals surface area contributed by atoms with E-state index >= 15 is 0 Å². The van der Waals surface area contributed by atoms with E-state index in [1.165, 1.54) is 12.1 Å². The molecular weight excluding hydrogens is 205 g/mol. The number of ether oxygens (including phenoxy) is 1. The summed E-state index contributed by atoms with van der Waals surface area (Å²) in [5, 5.41) is 0. The Bertz CT molecular complexity index is 491. The Morgan fingerprint density at radius 3 is 2.44 bits per heavy atom. The Kier molecular flexibility index (Phi) is 2.01. The van der Waals surface area contributed by atoms with Gasteiger partial charge >= 0.3 is 0 Å². The normalized spacial score (nSPS) is 23.1. The van der Waals surface area contributed by atoms with Gasteiger partial charge in [0.1, 0.15) is 5.82 Å². The molecule has 0 aliphatic carbocycles. The zero-order chi connectivity index (χ0) is 11.0. The molecule has 3 rings (SSSR count). The first-order valence-corrected chi connectivity index (χ1v) is 5.13. The Balaban J connectivity index is 2.03. The number of hydrogen-bond donors (Lipinski definition) is 0. The number of nitrogens with zero attached hydrogens (tertiary/aromatic N) is 1. The molecule has 1 fully saturated rings. The smallest absolute Gasteiger partial charge is 0.158 e. The highest BCUT2D eigenvalue weighted by Gasteiger charge is 2.49. The Hall–Kier alpha value is -1.74. The molecule has 2 aromatic rings. The van der Waals surface area contributed by atoms with E-state index < -0.39 is 5.60 Å². The van der Waals surface area contributed by atoms with Crippen molar-refractivity contribution in [3.63, 3.8) is 0 Å². The fourth-order valence-corrected chi connectivity index (χ4v) is 1.86. The summed E-state index contributed by atoms with van der Waals surface area (Å²) in [6, 6.07) is 12.1. The van der Waals surface area contributed by atoms with E-state index in [0.29, 0.717) is 6.61 Å². The second-order valence-electron chi connectivity index (χ2n) is 3.84. The number of epoxide rings is 1. The van der Waals surface area contributed by atoms with Crippen molar-refractivity contribution in [3.05, 3.63) is 65.7 Å². The molecule has 1 aliphatic heterocycles. The van der Waals surface area contributed by atoms with Crippen molar-refractivity contribution >= 4 is 0 Å². The zero-order valence-electron chi connectivity index (χ0n) is 8.56. The molecule has 1 aliphatic rings. The van der Waals surface area contributed by atoms with Crippen LogP contribution in [0.15, 0.2) is 48.7 Å². The van der Waals surface area contributed by atoms with Crippen LogP contribution in [0.2, 0.25) is 0 Å². The first-order valence-electron chi connectivity index (χ1n) is 5.13. The number of halogens is 1. The quantitative estimate of drug-likeness (QED) is 0.719. The molecular formula is C13H10FNO. The molecule has 1 atom stereocenters. The van der Waals surface area contributed by atoms with Crippen LogP contribution in [0.5, 0.6) is 0 Å². The number of benzene rings is 1. The summed E-state index contributed by atoms with van der Waals surface area (Å²) >= 11 is 0. The molecule has 1 unspecified atom stereocenters. The van der Waals surface area contributed by atoms with Crippen LogP contribution in [0.3, 0.4) is 0 Å². The van der Waals surface area contributed by atoms with E-state index in [0.717, 1.165) is 11.3 Å². The van der Waals surface area contributed by atoms with Gasteiger partial charge in [-0.25, -0.2) is 4.39 Å². The van der Waals surface area contributed by atoms with E-state index in [4.69, 9.17) is 4.74 Å². The number of pyridine rings is 1. The minimum absolute atomic E-state index is 0.236. The van der Waals surface area contributed by atoms with Crippen LogP contribution in [0, 0.1) is 5.82 Å². The minimum atomic E-state index is -0.449. The van der Waals surface area contributed by atoms with Gasteiger partial charge in [0.05, 0.1) is 12.3 Å². The molecule has 0 spiro atoms. The van der Waals surface area contributed by atoms with Crippen LogP contribution < -0.4 is 0 Å². The van der Waals surface area contributed by atoms with Crippen LogP contribution in [0.1, 0.15) is 11.3 Å². The Labute approximate surface area is 92.7 Å². The molecule has 0 amide bonds. The van der Waals surface area contributed by atoms with Gasteiger partial charge in [0, 0.05) is 6.20 Å². The van der Waals surface area contributed by atoms with Crippen LogP contribution >= 0.6 is 0 Å². The average Bonchev–Trinajstić information content (AvgIpc) is 3.13. The molecule has 0 bridgehead atoms. The zero-order valence-corrected chi connectivity index (χ0v) is 8.56. The lowest BCUT2D eigenvalue weighted by Gasteiger charge is -2.11. The molecule has 1 saturated heterocycles. The van der Waals surface area contributed by atoms with Crippen molar-refractivity contribution in [3.8, 4) is 0 Å². The molecule has 1 aromatic carbocycles. The molecule has 80 valence electrons. The van der Waals surface area contributed by atoms with Gasteiger partial charge in [-0.05, 0) is 29.8 Å². The Morgan fingerprint density at radius 1 is 1.12 bits per heavy atom. The molecule has 2 nitrogen and oxygen atoms in total. The van der Waals surface area contributed by atoms with Crippen molar-refractivity contribution in [2.45, 2.75) is 5.60 Å². The second-order valence-corrected chi connectivity index (χ2v) is 3.84. The summed E-state index contributed by atoms with van der Waals surface area (Å²) in [6.45, 7) is 0.607. The van der Waals surface area contributed by atoms with Gasteiger partial charge in [0.25, 0.3) is 0 Å². The highest BCUT2D eigenvalue weighted by Crippen LogP contribution is 2.43.